The Balaban J connectivity index is 1.31. The van der Waals surface area contributed by atoms with Crippen LogP contribution in [0.2, 0.25) is 0 Å². The molecular weight excluding hydrogens is 465 g/mol. The third-order valence-electron chi connectivity index (χ3n) is 7.81. The highest BCUT2D eigenvalue weighted by atomic mass is 32.2. The van der Waals surface area contributed by atoms with Gasteiger partial charge >= 0.3 is 0 Å². The van der Waals surface area contributed by atoms with Crippen molar-refractivity contribution < 1.29 is 17.6 Å². The molecule has 0 radical (unpaired) electrons. The van der Waals surface area contributed by atoms with Crippen LogP contribution in [-0.2, 0) is 10.0 Å². The molecule has 188 valence electrons. The highest BCUT2D eigenvalue weighted by Gasteiger charge is 2.53. The number of piperazine rings is 1. The molecule has 3 aliphatic rings. The minimum Gasteiger partial charge on any atom is -0.366 e. The Labute approximate surface area is 207 Å². The molecule has 0 aromatic heterocycles. The molecule has 2 aromatic carbocycles. The summed E-state index contributed by atoms with van der Waals surface area (Å²) in [6.07, 6.45) is 2.76. The number of anilines is 1. The number of hydrogen-bond acceptors (Lipinski definition) is 4. The van der Waals surface area contributed by atoms with E-state index >= 15 is 0 Å². The van der Waals surface area contributed by atoms with Gasteiger partial charge in [0.15, 0.2) is 0 Å². The normalized spacial score (nSPS) is 26.7. The fourth-order valence-corrected chi connectivity index (χ4v) is 8.48. The fraction of sp³-hybridized carbons (Fsp3) is 0.519. The van der Waals surface area contributed by atoms with Crippen LogP contribution in [0.1, 0.15) is 50.4 Å². The number of rotatable bonds is 4. The van der Waals surface area contributed by atoms with Crippen LogP contribution in [0.4, 0.5) is 10.1 Å². The van der Waals surface area contributed by atoms with Gasteiger partial charge in [-0.25, -0.2) is 12.8 Å². The van der Waals surface area contributed by atoms with Crippen molar-refractivity contribution in [2.24, 2.45) is 10.8 Å². The van der Waals surface area contributed by atoms with E-state index < -0.39 is 10.0 Å². The number of amides is 1. The van der Waals surface area contributed by atoms with Crippen LogP contribution in [0.25, 0.3) is 0 Å². The first-order chi connectivity index (χ1) is 16.5. The molecule has 2 bridgehead atoms. The predicted octanol–water partition coefficient (Wildman–Crippen LogP) is 4.38. The number of carbonyl (C=O) groups is 1. The predicted molar refractivity (Wildman–Crippen MR) is 134 cm³/mol. The first kappa shape index (κ1) is 24.3. The summed E-state index contributed by atoms with van der Waals surface area (Å²) in [7, 11) is -3.70. The summed E-state index contributed by atoms with van der Waals surface area (Å²) in [5, 5.41) is 0. The zero-order chi connectivity index (χ0) is 25.0. The smallest absolute Gasteiger partial charge is 0.254 e. The van der Waals surface area contributed by atoms with E-state index in [1.54, 1.807) is 45.6 Å². The summed E-state index contributed by atoms with van der Waals surface area (Å²) in [5.74, 6) is -0.461. The van der Waals surface area contributed by atoms with E-state index in [4.69, 9.17) is 0 Å². The molecule has 5 rings (SSSR count). The van der Waals surface area contributed by atoms with Gasteiger partial charge in [0.05, 0.1) is 10.6 Å². The quantitative estimate of drug-likeness (QED) is 0.627. The maximum atomic E-state index is 14.1. The largest absolute Gasteiger partial charge is 0.366 e. The lowest BCUT2D eigenvalue weighted by molar-refractivity contribution is 0.0746. The first-order valence-electron chi connectivity index (χ1n) is 12.4. The molecule has 35 heavy (non-hydrogen) atoms. The summed E-state index contributed by atoms with van der Waals surface area (Å²) >= 11 is 0. The maximum Gasteiger partial charge on any atom is 0.254 e. The molecule has 1 aliphatic carbocycles. The van der Waals surface area contributed by atoms with E-state index in [0.717, 1.165) is 19.3 Å². The van der Waals surface area contributed by atoms with Gasteiger partial charge in [0.2, 0.25) is 10.0 Å². The Hall–Kier alpha value is -2.45. The van der Waals surface area contributed by atoms with Crippen molar-refractivity contribution in [1.82, 2.24) is 9.21 Å². The number of sulfonamides is 1. The number of para-hydroxylation sites is 1. The third-order valence-corrected chi connectivity index (χ3v) is 9.71. The molecule has 0 spiro atoms. The minimum atomic E-state index is -3.70. The van der Waals surface area contributed by atoms with E-state index in [1.807, 2.05) is 4.90 Å². The van der Waals surface area contributed by atoms with Crippen molar-refractivity contribution in [3.05, 3.63) is 59.9 Å². The van der Waals surface area contributed by atoms with Crippen molar-refractivity contribution >= 4 is 21.6 Å². The molecule has 2 saturated heterocycles. The van der Waals surface area contributed by atoms with Gasteiger partial charge in [0.1, 0.15) is 5.82 Å². The van der Waals surface area contributed by atoms with Crippen LogP contribution in [0.5, 0.6) is 0 Å². The topological polar surface area (TPSA) is 60.9 Å². The number of fused-ring (bicyclic) bond motifs is 2. The van der Waals surface area contributed by atoms with E-state index in [2.05, 4.69) is 20.8 Å². The lowest BCUT2D eigenvalue weighted by Crippen LogP contribution is -2.49. The van der Waals surface area contributed by atoms with Crippen molar-refractivity contribution in [2.75, 3.05) is 37.6 Å². The lowest BCUT2D eigenvalue weighted by Gasteiger charge is -2.39. The van der Waals surface area contributed by atoms with Gasteiger partial charge in [-0.3, -0.25) is 4.79 Å². The molecular formula is C27H34FN3O3S. The van der Waals surface area contributed by atoms with Gasteiger partial charge < -0.3 is 9.80 Å². The van der Waals surface area contributed by atoms with Crippen LogP contribution >= 0.6 is 0 Å². The van der Waals surface area contributed by atoms with E-state index in [9.17, 15) is 17.6 Å². The molecule has 0 N–H and O–H groups in total. The zero-order valence-electron chi connectivity index (χ0n) is 20.7. The van der Waals surface area contributed by atoms with Gasteiger partial charge in [-0.05, 0) is 60.4 Å². The number of halogens is 1. The highest BCUT2D eigenvalue weighted by Crippen LogP contribution is 2.53. The first-order valence-corrected chi connectivity index (χ1v) is 13.8. The average molecular weight is 500 g/mol. The maximum absolute atomic E-state index is 14.1. The molecule has 8 heteroatoms. The van der Waals surface area contributed by atoms with Crippen LogP contribution in [0.15, 0.2) is 53.4 Å². The van der Waals surface area contributed by atoms with Crippen molar-refractivity contribution in [3.8, 4) is 0 Å². The van der Waals surface area contributed by atoms with Gasteiger partial charge in [0.25, 0.3) is 5.91 Å². The fourth-order valence-electron chi connectivity index (χ4n) is 6.66. The lowest BCUT2D eigenvalue weighted by atomic mass is 9.65. The Morgan fingerprint density at radius 3 is 2.40 bits per heavy atom. The average Bonchev–Trinajstić information content (AvgIpc) is 3.08. The SMILES string of the molecule is CC1(C)CC2CC(C)(CN2S(=O)(=O)c2cccc(C(=O)N3CCN(c4ccccc4F)CC3)c2)C1. The van der Waals surface area contributed by atoms with Gasteiger partial charge in [-0.15, -0.1) is 0 Å². The molecule has 2 aliphatic heterocycles. The van der Waals surface area contributed by atoms with Crippen LogP contribution in [-0.4, -0.2) is 62.3 Å². The molecule has 2 heterocycles. The van der Waals surface area contributed by atoms with Crippen molar-refractivity contribution in [1.29, 1.82) is 0 Å². The van der Waals surface area contributed by atoms with Crippen LogP contribution in [0, 0.1) is 16.6 Å². The second kappa shape index (κ2) is 8.59. The second-order valence-corrected chi connectivity index (χ2v) is 13.4. The summed E-state index contributed by atoms with van der Waals surface area (Å²) < 4.78 is 43.2. The summed E-state index contributed by atoms with van der Waals surface area (Å²) in [6, 6.07) is 13.1. The molecule has 2 unspecified atom stereocenters. The van der Waals surface area contributed by atoms with Crippen LogP contribution < -0.4 is 4.90 Å². The Morgan fingerprint density at radius 1 is 0.971 bits per heavy atom. The van der Waals surface area contributed by atoms with E-state index in [1.165, 1.54) is 12.1 Å². The molecule has 2 aromatic rings. The van der Waals surface area contributed by atoms with Crippen molar-refractivity contribution in [3.63, 3.8) is 0 Å². The summed E-state index contributed by atoms with van der Waals surface area (Å²) in [5.41, 5.74) is 1.02. The molecule has 1 saturated carbocycles. The van der Waals surface area contributed by atoms with Gasteiger partial charge in [-0.1, -0.05) is 39.0 Å². The van der Waals surface area contributed by atoms with E-state index in [0.29, 0.717) is 44.0 Å². The molecule has 1 amide bonds. The molecule has 2 atom stereocenters. The highest BCUT2D eigenvalue weighted by molar-refractivity contribution is 7.89. The third kappa shape index (κ3) is 4.58. The number of carbonyl (C=O) groups excluding carboxylic acids is 1. The number of nitrogens with zero attached hydrogens (tertiary/aromatic N) is 3. The van der Waals surface area contributed by atoms with Crippen molar-refractivity contribution in [2.45, 2.75) is 51.0 Å². The second-order valence-electron chi connectivity index (χ2n) is 11.5. The number of benzene rings is 2. The number of hydrogen-bond donors (Lipinski definition) is 0. The van der Waals surface area contributed by atoms with Gasteiger partial charge in [-0.2, -0.15) is 4.31 Å². The van der Waals surface area contributed by atoms with Crippen LogP contribution in [0.3, 0.4) is 0 Å². The zero-order valence-corrected chi connectivity index (χ0v) is 21.5. The Kier molecular flexibility index (Phi) is 5.95. The Morgan fingerprint density at radius 2 is 1.69 bits per heavy atom. The van der Waals surface area contributed by atoms with E-state index in [-0.39, 0.29) is 33.5 Å². The molecule has 6 nitrogen and oxygen atoms in total. The summed E-state index contributed by atoms with van der Waals surface area (Å²) in [4.78, 5) is 17.1. The Bertz CT molecular complexity index is 1240. The van der Waals surface area contributed by atoms with Gasteiger partial charge in [0, 0.05) is 44.3 Å². The minimum absolute atomic E-state index is 0.000401. The molecule has 3 fully saturated rings. The standard InChI is InChI=1S/C27H34FN3O3S/c1-26(2)16-21-17-27(3,18-26)19-31(21)35(33,34)22-8-6-7-20(15-22)25(32)30-13-11-29(12-14-30)24-10-5-4-9-23(24)28/h4-10,15,21H,11-14,16-19H2,1-3H3. The monoisotopic (exact) mass is 499 g/mol. The summed E-state index contributed by atoms with van der Waals surface area (Å²) in [6.45, 7) is 9.11.